The Labute approximate surface area is 107 Å². The van der Waals surface area contributed by atoms with Crippen LogP contribution in [0.1, 0.15) is 0 Å². The number of ether oxygens (including phenoxy) is 3. The maximum atomic E-state index is 9.20. The third-order valence-electron chi connectivity index (χ3n) is 2.50. The van der Waals surface area contributed by atoms with Gasteiger partial charge in [-0.25, -0.2) is 0 Å². The van der Waals surface area contributed by atoms with Crippen molar-refractivity contribution in [2.75, 3.05) is 45.6 Å². The zero-order valence-electron chi connectivity index (χ0n) is 10.9. The highest BCUT2D eigenvalue weighted by atomic mass is 16.5. The third-order valence-corrected chi connectivity index (χ3v) is 2.50. The SMILES string of the molecule is COCC(CO)Nc1cc(OC)c(OC)cc1N. The molecule has 0 saturated heterocycles. The second kappa shape index (κ2) is 6.93. The van der Waals surface area contributed by atoms with E-state index < -0.39 is 0 Å². The molecule has 4 N–H and O–H groups in total. The van der Waals surface area contributed by atoms with Gasteiger partial charge in [0, 0.05) is 19.2 Å². The number of aliphatic hydroxyl groups excluding tert-OH is 1. The Kier molecular flexibility index (Phi) is 5.54. The summed E-state index contributed by atoms with van der Waals surface area (Å²) in [6.07, 6.45) is 0. The van der Waals surface area contributed by atoms with Crippen molar-refractivity contribution >= 4 is 11.4 Å². The fraction of sp³-hybridized carbons (Fsp3) is 0.500. The van der Waals surface area contributed by atoms with Crippen molar-refractivity contribution in [3.8, 4) is 11.5 Å². The second-order valence-corrected chi connectivity index (χ2v) is 3.77. The predicted octanol–water partition coefficient (Wildman–Crippen LogP) is 0.705. The number of anilines is 2. The Hall–Kier alpha value is -1.66. The Morgan fingerprint density at radius 2 is 1.83 bits per heavy atom. The Morgan fingerprint density at radius 3 is 2.33 bits per heavy atom. The highest BCUT2D eigenvalue weighted by Gasteiger charge is 2.13. The number of hydrogen-bond donors (Lipinski definition) is 3. The van der Waals surface area contributed by atoms with Gasteiger partial charge in [-0.1, -0.05) is 0 Å². The van der Waals surface area contributed by atoms with Crippen LogP contribution in [0.3, 0.4) is 0 Å². The van der Waals surface area contributed by atoms with Crippen molar-refractivity contribution in [1.29, 1.82) is 0 Å². The number of nitrogen functional groups attached to an aromatic ring is 1. The van der Waals surface area contributed by atoms with E-state index in [4.69, 9.17) is 19.9 Å². The number of nitrogens with two attached hydrogens (primary N) is 1. The molecule has 0 aromatic heterocycles. The van der Waals surface area contributed by atoms with E-state index in [0.29, 0.717) is 29.5 Å². The maximum Gasteiger partial charge on any atom is 0.162 e. The third kappa shape index (κ3) is 3.41. The number of nitrogens with one attached hydrogen (secondary N) is 1. The Morgan fingerprint density at radius 1 is 1.22 bits per heavy atom. The molecule has 0 aliphatic rings. The minimum atomic E-state index is -0.226. The number of rotatable bonds is 7. The average Bonchev–Trinajstić information content (AvgIpc) is 2.39. The number of aliphatic hydroxyl groups is 1. The Bertz CT molecular complexity index is 385. The minimum absolute atomic E-state index is 0.0539. The predicted molar refractivity (Wildman–Crippen MR) is 70.3 cm³/mol. The normalized spacial score (nSPS) is 12.0. The zero-order chi connectivity index (χ0) is 13.5. The van der Waals surface area contributed by atoms with E-state index >= 15 is 0 Å². The molecule has 1 rings (SSSR count). The summed E-state index contributed by atoms with van der Waals surface area (Å²) >= 11 is 0. The van der Waals surface area contributed by atoms with E-state index in [0.717, 1.165) is 0 Å². The summed E-state index contributed by atoms with van der Waals surface area (Å²) in [6.45, 7) is 0.325. The van der Waals surface area contributed by atoms with Gasteiger partial charge in [-0.3, -0.25) is 0 Å². The van der Waals surface area contributed by atoms with Crippen molar-refractivity contribution < 1.29 is 19.3 Å². The summed E-state index contributed by atoms with van der Waals surface area (Å²) in [5, 5.41) is 12.3. The summed E-state index contributed by atoms with van der Waals surface area (Å²) in [5.74, 6) is 1.14. The molecule has 6 nitrogen and oxygen atoms in total. The smallest absolute Gasteiger partial charge is 0.162 e. The van der Waals surface area contributed by atoms with Crippen LogP contribution in [0.25, 0.3) is 0 Å². The first-order chi connectivity index (χ1) is 8.65. The molecule has 0 saturated carbocycles. The van der Waals surface area contributed by atoms with E-state index in [1.165, 1.54) is 0 Å². The van der Waals surface area contributed by atoms with Gasteiger partial charge in [0.25, 0.3) is 0 Å². The molecule has 0 radical (unpaired) electrons. The molecule has 1 unspecified atom stereocenters. The molecule has 0 aliphatic carbocycles. The van der Waals surface area contributed by atoms with Crippen LogP contribution in [0, 0.1) is 0 Å². The fourth-order valence-corrected chi connectivity index (χ4v) is 1.58. The van der Waals surface area contributed by atoms with Crippen LogP contribution in [-0.2, 0) is 4.74 Å². The van der Waals surface area contributed by atoms with Crippen LogP contribution in [0.5, 0.6) is 11.5 Å². The van der Waals surface area contributed by atoms with Crippen LogP contribution in [0.4, 0.5) is 11.4 Å². The zero-order valence-corrected chi connectivity index (χ0v) is 10.9. The summed E-state index contributed by atoms with van der Waals surface area (Å²) in [4.78, 5) is 0. The minimum Gasteiger partial charge on any atom is -0.493 e. The fourth-order valence-electron chi connectivity index (χ4n) is 1.58. The maximum absolute atomic E-state index is 9.20. The van der Waals surface area contributed by atoms with Crippen molar-refractivity contribution in [3.05, 3.63) is 12.1 Å². The van der Waals surface area contributed by atoms with E-state index in [1.54, 1.807) is 33.5 Å². The molecule has 0 spiro atoms. The lowest BCUT2D eigenvalue weighted by atomic mass is 10.2. The monoisotopic (exact) mass is 256 g/mol. The summed E-state index contributed by atoms with van der Waals surface area (Å²) < 4.78 is 15.3. The van der Waals surface area contributed by atoms with Gasteiger partial charge in [0.1, 0.15) is 0 Å². The Balaban J connectivity index is 2.94. The van der Waals surface area contributed by atoms with Gasteiger partial charge in [-0.15, -0.1) is 0 Å². The highest BCUT2D eigenvalue weighted by molar-refractivity contribution is 5.72. The van der Waals surface area contributed by atoms with E-state index in [9.17, 15) is 5.11 Å². The summed E-state index contributed by atoms with van der Waals surface area (Å²) in [5.41, 5.74) is 7.09. The van der Waals surface area contributed by atoms with Gasteiger partial charge < -0.3 is 30.4 Å². The molecule has 1 atom stereocenters. The van der Waals surface area contributed by atoms with Crippen molar-refractivity contribution in [1.82, 2.24) is 0 Å². The molecule has 0 fully saturated rings. The van der Waals surface area contributed by atoms with Crippen LogP contribution in [0.2, 0.25) is 0 Å². The lowest BCUT2D eigenvalue weighted by molar-refractivity contribution is 0.153. The number of methoxy groups -OCH3 is 3. The van der Waals surface area contributed by atoms with Gasteiger partial charge in [-0.2, -0.15) is 0 Å². The largest absolute Gasteiger partial charge is 0.493 e. The number of hydrogen-bond acceptors (Lipinski definition) is 6. The molecule has 102 valence electrons. The summed E-state index contributed by atoms with van der Waals surface area (Å²) in [6, 6.07) is 3.17. The number of benzene rings is 1. The standard InChI is InChI=1S/C12H20N2O4/c1-16-7-8(6-15)14-10-5-12(18-3)11(17-2)4-9(10)13/h4-5,8,14-15H,6-7,13H2,1-3H3. The van der Waals surface area contributed by atoms with Crippen LogP contribution in [-0.4, -0.2) is 45.7 Å². The molecular weight excluding hydrogens is 236 g/mol. The van der Waals surface area contributed by atoms with Gasteiger partial charge in [-0.05, 0) is 0 Å². The molecule has 0 amide bonds. The summed E-state index contributed by atoms with van der Waals surface area (Å²) in [7, 11) is 4.67. The first kappa shape index (κ1) is 14.4. The molecule has 6 heteroatoms. The first-order valence-electron chi connectivity index (χ1n) is 5.54. The van der Waals surface area contributed by atoms with Gasteiger partial charge in [0.15, 0.2) is 11.5 Å². The molecule has 0 heterocycles. The van der Waals surface area contributed by atoms with Gasteiger partial charge >= 0.3 is 0 Å². The van der Waals surface area contributed by atoms with E-state index in [2.05, 4.69) is 5.32 Å². The van der Waals surface area contributed by atoms with Gasteiger partial charge in [0.05, 0.1) is 44.8 Å². The second-order valence-electron chi connectivity index (χ2n) is 3.77. The van der Waals surface area contributed by atoms with Crippen molar-refractivity contribution in [2.45, 2.75) is 6.04 Å². The molecule has 0 bridgehead atoms. The van der Waals surface area contributed by atoms with Crippen LogP contribution in [0.15, 0.2) is 12.1 Å². The lowest BCUT2D eigenvalue weighted by Crippen LogP contribution is -2.29. The van der Waals surface area contributed by atoms with Crippen LogP contribution < -0.4 is 20.5 Å². The molecular formula is C12H20N2O4. The molecule has 18 heavy (non-hydrogen) atoms. The first-order valence-corrected chi connectivity index (χ1v) is 5.54. The highest BCUT2D eigenvalue weighted by Crippen LogP contribution is 2.35. The topological polar surface area (TPSA) is 86.0 Å². The molecule has 1 aromatic rings. The van der Waals surface area contributed by atoms with Crippen molar-refractivity contribution in [3.63, 3.8) is 0 Å². The lowest BCUT2D eigenvalue weighted by Gasteiger charge is -2.19. The quantitative estimate of drug-likeness (QED) is 0.623. The van der Waals surface area contributed by atoms with E-state index in [1.807, 2.05) is 0 Å². The average molecular weight is 256 g/mol. The molecule has 1 aromatic carbocycles. The molecule has 0 aliphatic heterocycles. The van der Waals surface area contributed by atoms with Crippen LogP contribution >= 0.6 is 0 Å². The van der Waals surface area contributed by atoms with Gasteiger partial charge in [0.2, 0.25) is 0 Å². The van der Waals surface area contributed by atoms with E-state index in [-0.39, 0.29) is 12.6 Å². The van der Waals surface area contributed by atoms with Crippen molar-refractivity contribution in [2.24, 2.45) is 0 Å².